The maximum atomic E-state index is 12.7. The number of hydrogen-bond donors (Lipinski definition) is 2. The van der Waals surface area contributed by atoms with Crippen LogP contribution in [0.5, 0.6) is 5.75 Å². The van der Waals surface area contributed by atoms with Crippen molar-refractivity contribution in [3.05, 3.63) is 28.8 Å². The molecule has 24 heavy (non-hydrogen) atoms. The minimum atomic E-state index is -0.216. The fourth-order valence-corrected chi connectivity index (χ4v) is 3.66. The zero-order valence-electron chi connectivity index (χ0n) is 13.5. The van der Waals surface area contributed by atoms with E-state index >= 15 is 0 Å². The number of morpholine rings is 1. The van der Waals surface area contributed by atoms with Crippen LogP contribution in [0.25, 0.3) is 0 Å². The summed E-state index contributed by atoms with van der Waals surface area (Å²) in [6, 6.07) is 4.52. The number of halogens is 1. The molecule has 7 heteroatoms. The molecule has 1 aromatic rings. The number of ether oxygens (including phenoxy) is 1. The molecule has 2 heterocycles. The monoisotopic (exact) mass is 354 g/mol. The predicted octanol–water partition coefficient (Wildman–Crippen LogP) is 1.06. The summed E-state index contributed by atoms with van der Waals surface area (Å²) in [6.45, 7) is 5.25. The van der Waals surface area contributed by atoms with Gasteiger partial charge < -0.3 is 19.8 Å². The third-order valence-electron chi connectivity index (χ3n) is 4.88. The Morgan fingerprint density at radius 1 is 1.25 bits per heavy atom. The normalized spacial score (nSPS) is 25.2. The molecule has 2 N–H and O–H groups in total. The van der Waals surface area contributed by atoms with E-state index in [1.807, 2.05) is 0 Å². The van der Waals surface area contributed by atoms with Gasteiger partial charge in [-0.2, -0.15) is 0 Å². The first-order valence-electron chi connectivity index (χ1n) is 8.27. The van der Waals surface area contributed by atoms with E-state index in [1.165, 1.54) is 6.07 Å². The maximum absolute atomic E-state index is 12.7. The minimum absolute atomic E-state index is 0.0609. The molecule has 2 fully saturated rings. The van der Waals surface area contributed by atoms with E-state index in [-0.39, 0.29) is 35.7 Å². The van der Waals surface area contributed by atoms with Gasteiger partial charge in [0.05, 0.1) is 18.8 Å². The highest BCUT2D eigenvalue weighted by molar-refractivity contribution is 6.30. The fraction of sp³-hybridized carbons (Fsp3) is 0.588. The second kappa shape index (κ2) is 7.70. The zero-order valence-corrected chi connectivity index (χ0v) is 14.3. The summed E-state index contributed by atoms with van der Waals surface area (Å²) in [7, 11) is 0. The summed E-state index contributed by atoms with van der Waals surface area (Å²) in [4.78, 5) is 16.7. The van der Waals surface area contributed by atoms with Crippen LogP contribution in [0.1, 0.15) is 10.4 Å². The third kappa shape index (κ3) is 3.83. The number of hydrogen-bond acceptors (Lipinski definition) is 5. The average Bonchev–Trinajstić information content (AvgIpc) is 2.98. The highest BCUT2D eigenvalue weighted by Crippen LogP contribution is 2.29. The number of phenols is 1. The van der Waals surface area contributed by atoms with Gasteiger partial charge in [-0.15, -0.1) is 0 Å². The van der Waals surface area contributed by atoms with Gasteiger partial charge in [-0.05, 0) is 24.1 Å². The molecule has 2 saturated heterocycles. The Morgan fingerprint density at radius 2 is 1.96 bits per heavy atom. The van der Waals surface area contributed by atoms with Crippen molar-refractivity contribution in [2.75, 3.05) is 52.5 Å². The number of likely N-dealkylation sites (tertiary alicyclic amines) is 1. The van der Waals surface area contributed by atoms with Crippen molar-refractivity contribution >= 4 is 17.5 Å². The molecule has 1 aromatic carbocycles. The van der Waals surface area contributed by atoms with Crippen LogP contribution in [0.3, 0.4) is 0 Å². The number of aromatic hydroxyl groups is 1. The van der Waals surface area contributed by atoms with Crippen LogP contribution in [-0.2, 0) is 4.74 Å². The molecule has 1 amide bonds. The lowest BCUT2D eigenvalue weighted by Gasteiger charge is -2.30. The van der Waals surface area contributed by atoms with Crippen LogP contribution in [0.2, 0.25) is 5.02 Å². The van der Waals surface area contributed by atoms with Crippen molar-refractivity contribution in [3.63, 3.8) is 0 Å². The molecule has 0 aliphatic carbocycles. The predicted molar refractivity (Wildman–Crippen MR) is 90.3 cm³/mol. The molecule has 0 aromatic heterocycles. The van der Waals surface area contributed by atoms with E-state index in [0.29, 0.717) is 18.1 Å². The van der Waals surface area contributed by atoms with Crippen molar-refractivity contribution in [1.82, 2.24) is 9.80 Å². The molecule has 0 bridgehead atoms. The topological polar surface area (TPSA) is 73.2 Å². The second-order valence-electron chi connectivity index (χ2n) is 6.49. The van der Waals surface area contributed by atoms with E-state index < -0.39 is 0 Å². The SMILES string of the molecule is O=C(c1ccc(Cl)cc1O)N1C[C@@H](CO)[C@@H](CN2CCOCC2)C1. The van der Waals surface area contributed by atoms with Crippen molar-refractivity contribution < 1.29 is 19.7 Å². The Labute approximate surface area is 146 Å². The standard InChI is InChI=1S/C17H23ClN2O4/c18-14-1-2-15(16(22)7-14)17(23)20-9-12(13(10-20)11-21)8-19-3-5-24-6-4-19/h1-2,7,12-13,21-22H,3-6,8-11H2/t12-,13-/m0/s1. The van der Waals surface area contributed by atoms with Crippen LogP contribution in [-0.4, -0.2) is 78.5 Å². The molecule has 6 nitrogen and oxygen atoms in total. The first-order chi connectivity index (χ1) is 11.6. The first-order valence-corrected chi connectivity index (χ1v) is 8.65. The number of amides is 1. The molecular weight excluding hydrogens is 332 g/mol. The Kier molecular flexibility index (Phi) is 5.61. The number of rotatable bonds is 4. The summed E-state index contributed by atoms with van der Waals surface area (Å²) in [5, 5.41) is 20.0. The number of nitrogens with zero attached hydrogens (tertiary/aromatic N) is 2. The highest BCUT2D eigenvalue weighted by atomic mass is 35.5. The molecule has 2 atom stereocenters. The lowest BCUT2D eigenvalue weighted by atomic mass is 9.96. The van der Waals surface area contributed by atoms with Gasteiger partial charge in [-0.25, -0.2) is 0 Å². The number of phenolic OH excluding ortho intramolecular Hbond substituents is 1. The number of benzene rings is 1. The Bertz CT molecular complexity index is 592. The fourth-order valence-electron chi connectivity index (χ4n) is 3.49. The summed E-state index contributed by atoms with van der Waals surface area (Å²) < 4.78 is 5.36. The van der Waals surface area contributed by atoms with Crippen molar-refractivity contribution in [1.29, 1.82) is 0 Å². The lowest BCUT2D eigenvalue weighted by molar-refractivity contribution is 0.0264. The van der Waals surface area contributed by atoms with Crippen LogP contribution in [0.15, 0.2) is 18.2 Å². The van der Waals surface area contributed by atoms with E-state index in [2.05, 4.69) is 4.90 Å². The van der Waals surface area contributed by atoms with Gasteiger partial charge in [0.1, 0.15) is 5.75 Å². The lowest BCUT2D eigenvalue weighted by Crippen LogP contribution is -2.41. The van der Waals surface area contributed by atoms with Crippen molar-refractivity contribution in [2.24, 2.45) is 11.8 Å². The van der Waals surface area contributed by atoms with Crippen LogP contribution in [0.4, 0.5) is 0 Å². The molecule has 3 rings (SSSR count). The van der Waals surface area contributed by atoms with E-state index in [9.17, 15) is 15.0 Å². The number of carbonyl (C=O) groups is 1. The summed E-state index contributed by atoms with van der Waals surface area (Å²) in [5.74, 6) is -0.0329. The third-order valence-corrected chi connectivity index (χ3v) is 5.12. The Balaban J connectivity index is 1.67. The molecule has 2 aliphatic rings. The zero-order chi connectivity index (χ0) is 17.1. The summed E-state index contributed by atoms with van der Waals surface area (Å²) in [6.07, 6.45) is 0. The quantitative estimate of drug-likeness (QED) is 0.845. The Morgan fingerprint density at radius 3 is 2.62 bits per heavy atom. The van der Waals surface area contributed by atoms with E-state index in [0.717, 1.165) is 32.8 Å². The van der Waals surface area contributed by atoms with Crippen LogP contribution >= 0.6 is 11.6 Å². The molecule has 0 radical (unpaired) electrons. The van der Waals surface area contributed by atoms with Gasteiger partial charge in [0.25, 0.3) is 5.91 Å². The summed E-state index contributed by atoms with van der Waals surface area (Å²) in [5.41, 5.74) is 0.253. The Hall–Kier alpha value is -1.34. The average molecular weight is 355 g/mol. The van der Waals surface area contributed by atoms with Gasteiger partial charge in [0.15, 0.2) is 0 Å². The number of aliphatic hydroxyl groups excluding tert-OH is 1. The number of carbonyl (C=O) groups excluding carboxylic acids is 1. The van der Waals surface area contributed by atoms with Gasteiger partial charge in [0.2, 0.25) is 0 Å². The van der Waals surface area contributed by atoms with Crippen molar-refractivity contribution in [3.8, 4) is 5.75 Å². The number of aliphatic hydroxyl groups is 1. The summed E-state index contributed by atoms with van der Waals surface area (Å²) >= 11 is 5.82. The van der Waals surface area contributed by atoms with Gasteiger partial charge in [-0.1, -0.05) is 11.6 Å². The molecule has 132 valence electrons. The molecule has 2 aliphatic heterocycles. The molecule has 0 unspecified atom stereocenters. The highest BCUT2D eigenvalue weighted by Gasteiger charge is 2.36. The molecule has 0 saturated carbocycles. The first kappa shape index (κ1) is 17.5. The van der Waals surface area contributed by atoms with Crippen molar-refractivity contribution in [2.45, 2.75) is 0 Å². The maximum Gasteiger partial charge on any atom is 0.257 e. The van der Waals surface area contributed by atoms with Gasteiger partial charge >= 0.3 is 0 Å². The second-order valence-corrected chi connectivity index (χ2v) is 6.92. The largest absolute Gasteiger partial charge is 0.507 e. The van der Waals surface area contributed by atoms with Crippen LogP contribution in [0, 0.1) is 11.8 Å². The smallest absolute Gasteiger partial charge is 0.257 e. The molecular formula is C17H23ClN2O4. The van der Waals surface area contributed by atoms with Crippen LogP contribution < -0.4 is 0 Å². The van der Waals surface area contributed by atoms with E-state index in [4.69, 9.17) is 16.3 Å². The van der Waals surface area contributed by atoms with Gasteiger partial charge in [-0.3, -0.25) is 9.69 Å². The van der Waals surface area contributed by atoms with E-state index in [1.54, 1.807) is 17.0 Å². The van der Waals surface area contributed by atoms with Gasteiger partial charge in [0, 0.05) is 50.3 Å². The minimum Gasteiger partial charge on any atom is -0.507 e. The molecule has 0 spiro atoms.